The lowest BCUT2D eigenvalue weighted by Crippen LogP contribution is -2.49. The van der Waals surface area contributed by atoms with Crippen molar-refractivity contribution in [3.05, 3.63) is 45.4 Å². The zero-order chi connectivity index (χ0) is 16.3. The second-order valence-electron chi connectivity index (χ2n) is 5.34. The number of fused-ring (bicyclic) bond motifs is 1. The summed E-state index contributed by atoms with van der Waals surface area (Å²) in [5.74, 6) is 5.85. The average molecular weight is 340 g/mol. The van der Waals surface area contributed by atoms with Gasteiger partial charge in [-0.15, -0.1) is 0 Å². The van der Waals surface area contributed by atoms with Gasteiger partial charge in [0.2, 0.25) is 5.69 Å². The molecular weight excluding hydrogens is 320 g/mol. The van der Waals surface area contributed by atoms with Crippen molar-refractivity contribution in [1.82, 2.24) is 0 Å². The number of thiazole rings is 1. The van der Waals surface area contributed by atoms with Crippen molar-refractivity contribution in [3.8, 4) is 0 Å². The van der Waals surface area contributed by atoms with E-state index in [9.17, 15) is 13.0 Å². The molecule has 0 unspecified atom stereocenters. The van der Waals surface area contributed by atoms with Crippen LogP contribution >= 0.6 is 11.3 Å². The second kappa shape index (κ2) is 6.76. The average Bonchev–Trinajstić information content (AvgIpc) is 2.75. The number of hydrogen-bond donors (Lipinski definition) is 1. The Morgan fingerprint density at radius 3 is 2.27 bits per heavy atom. The second-order valence-corrected chi connectivity index (χ2v) is 8.00. The van der Waals surface area contributed by atoms with E-state index in [-0.39, 0.29) is 4.90 Å². The van der Waals surface area contributed by atoms with Crippen molar-refractivity contribution >= 4 is 21.5 Å². The first-order chi connectivity index (χ1) is 10.3. The predicted molar refractivity (Wildman–Crippen MR) is 85.2 cm³/mol. The molecule has 1 heterocycles. The van der Waals surface area contributed by atoms with Gasteiger partial charge >= 0.3 is 0 Å². The number of benzene rings is 1. The minimum Gasteiger partial charge on any atom is -0.744 e. The Labute approximate surface area is 135 Å². The van der Waals surface area contributed by atoms with E-state index < -0.39 is 10.1 Å². The van der Waals surface area contributed by atoms with Crippen LogP contribution in [0.25, 0.3) is 0 Å². The zero-order valence-electron chi connectivity index (χ0n) is 12.7. The van der Waals surface area contributed by atoms with Crippen molar-refractivity contribution in [3.63, 3.8) is 0 Å². The third kappa shape index (κ3) is 4.06. The topological polar surface area (TPSA) is 87.1 Å². The number of rotatable bonds is 1. The molecule has 1 aliphatic rings. The Balaban J connectivity index is 0.000000160. The third-order valence-corrected chi connectivity index (χ3v) is 5.63. The number of nitrogen functional groups attached to an aromatic ring is 1. The van der Waals surface area contributed by atoms with Crippen LogP contribution in [-0.4, -0.2) is 13.0 Å². The van der Waals surface area contributed by atoms with E-state index in [0.29, 0.717) is 0 Å². The van der Waals surface area contributed by atoms with E-state index in [1.165, 1.54) is 53.4 Å². The molecule has 0 fully saturated rings. The fourth-order valence-electron chi connectivity index (χ4n) is 2.35. The summed E-state index contributed by atoms with van der Waals surface area (Å²) in [6.45, 7) is 3.91. The molecule has 2 N–H and O–H groups in total. The van der Waals surface area contributed by atoms with Crippen molar-refractivity contribution in [2.24, 2.45) is 0 Å². The fraction of sp³-hybridized carbons (Fsp3) is 0.400. The fourth-order valence-corrected chi connectivity index (χ4v) is 3.95. The molecule has 0 saturated carbocycles. The van der Waals surface area contributed by atoms with Gasteiger partial charge in [0.25, 0.3) is 5.01 Å². The SMILES string of the molecule is Cc1ccc(S(=O)(=O)[O-])cc1.Cc1sc2c([n+]1N)CCCC2. The zero-order valence-corrected chi connectivity index (χ0v) is 14.3. The van der Waals surface area contributed by atoms with Crippen molar-refractivity contribution < 1.29 is 17.6 Å². The quantitative estimate of drug-likeness (QED) is 0.487. The Kier molecular flexibility index (Phi) is 5.20. The smallest absolute Gasteiger partial charge is 0.263 e. The summed E-state index contributed by atoms with van der Waals surface area (Å²) in [6.07, 6.45) is 5.06. The van der Waals surface area contributed by atoms with Crippen LogP contribution < -0.4 is 10.5 Å². The van der Waals surface area contributed by atoms with Crippen molar-refractivity contribution in [2.75, 3.05) is 5.84 Å². The molecule has 7 heteroatoms. The molecule has 120 valence electrons. The summed E-state index contributed by atoms with van der Waals surface area (Å²) in [5.41, 5.74) is 2.30. The molecular formula is C15H20N2O3S2. The Morgan fingerprint density at radius 1 is 1.14 bits per heavy atom. The molecule has 0 amide bonds. The van der Waals surface area contributed by atoms with Crippen LogP contribution in [0.15, 0.2) is 29.2 Å². The number of aryl methyl sites for hydroxylation is 3. The molecule has 1 aliphatic carbocycles. The lowest BCUT2D eigenvalue weighted by Gasteiger charge is -2.05. The van der Waals surface area contributed by atoms with Crippen LogP contribution in [0.3, 0.4) is 0 Å². The number of aromatic nitrogens is 1. The molecule has 1 aromatic carbocycles. The summed E-state index contributed by atoms with van der Waals surface area (Å²) in [6, 6.07) is 5.78. The highest BCUT2D eigenvalue weighted by Crippen LogP contribution is 2.23. The normalized spacial score (nSPS) is 14.0. The van der Waals surface area contributed by atoms with Crippen molar-refractivity contribution in [1.29, 1.82) is 0 Å². The van der Waals surface area contributed by atoms with Crippen LogP contribution in [0, 0.1) is 13.8 Å². The van der Waals surface area contributed by atoms with Gasteiger partial charge in [-0.2, -0.15) is 0 Å². The minimum absolute atomic E-state index is 0.178. The van der Waals surface area contributed by atoms with Gasteiger partial charge in [0.15, 0.2) is 0 Å². The van der Waals surface area contributed by atoms with Gasteiger partial charge in [-0.25, -0.2) is 14.3 Å². The lowest BCUT2D eigenvalue weighted by molar-refractivity contribution is -0.648. The van der Waals surface area contributed by atoms with Gasteiger partial charge in [-0.3, -0.25) is 0 Å². The van der Waals surface area contributed by atoms with Gasteiger partial charge in [-0.05, 0) is 38.3 Å². The van der Waals surface area contributed by atoms with E-state index in [0.717, 1.165) is 5.56 Å². The van der Waals surface area contributed by atoms with E-state index in [1.807, 2.05) is 22.9 Å². The standard InChI is InChI=1S/C8H13N2S.C7H8O3S/c1-6-10(9)7-4-2-3-5-8(7)11-6;1-6-2-4-7(5-3-6)11(8,9)10/h2-5,9H2,1H3;2-5H,1H3,(H,8,9,10)/q+1;/p-1. The molecule has 2 aromatic rings. The monoisotopic (exact) mass is 340 g/mol. The van der Waals surface area contributed by atoms with E-state index in [2.05, 4.69) is 6.92 Å². The largest absolute Gasteiger partial charge is 0.744 e. The molecule has 0 atom stereocenters. The van der Waals surface area contributed by atoms with Crippen LogP contribution in [0.4, 0.5) is 0 Å². The van der Waals surface area contributed by atoms with E-state index >= 15 is 0 Å². The molecule has 1 aromatic heterocycles. The van der Waals surface area contributed by atoms with Gasteiger partial charge < -0.3 is 4.55 Å². The molecule has 3 rings (SSSR count). The van der Waals surface area contributed by atoms with Crippen molar-refractivity contribution in [2.45, 2.75) is 44.4 Å². The predicted octanol–water partition coefficient (Wildman–Crippen LogP) is 1.84. The highest BCUT2D eigenvalue weighted by atomic mass is 32.2. The first-order valence-corrected chi connectivity index (χ1v) is 9.32. The molecule has 0 saturated heterocycles. The Morgan fingerprint density at radius 2 is 1.73 bits per heavy atom. The first kappa shape index (κ1) is 16.9. The van der Waals surface area contributed by atoms with Gasteiger partial charge in [-0.1, -0.05) is 33.7 Å². The highest BCUT2D eigenvalue weighted by molar-refractivity contribution is 7.85. The first-order valence-electron chi connectivity index (χ1n) is 7.10. The van der Waals surface area contributed by atoms with Crippen LogP contribution in [0.1, 0.15) is 34.0 Å². The number of nitrogens with zero attached hydrogens (tertiary/aromatic N) is 1. The van der Waals surface area contributed by atoms with Crippen LogP contribution in [0.5, 0.6) is 0 Å². The molecule has 0 spiro atoms. The van der Waals surface area contributed by atoms with Crippen LogP contribution in [-0.2, 0) is 23.0 Å². The van der Waals surface area contributed by atoms with E-state index in [1.54, 1.807) is 12.1 Å². The number of hydrogen-bond acceptors (Lipinski definition) is 5. The molecule has 0 radical (unpaired) electrons. The Hall–Kier alpha value is -1.44. The van der Waals surface area contributed by atoms with Gasteiger partial charge in [0.1, 0.15) is 10.1 Å². The van der Waals surface area contributed by atoms with Gasteiger partial charge in [0.05, 0.1) is 9.77 Å². The molecule has 0 bridgehead atoms. The molecule has 22 heavy (non-hydrogen) atoms. The van der Waals surface area contributed by atoms with Gasteiger partial charge in [0, 0.05) is 13.3 Å². The molecule has 0 aliphatic heterocycles. The summed E-state index contributed by atoms with van der Waals surface area (Å²) in [5, 5.41) is 1.23. The highest BCUT2D eigenvalue weighted by Gasteiger charge is 2.24. The summed E-state index contributed by atoms with van der Waals surface area (Å²) in [7, 11) is -4.27. The third-order valence-electron chi connectivity index (χ3n) is 3.60. The maximum atomic E-state index is 10.4. The Bertz CT molecular complexity index is 750. The maximum Gasteiger partial charge on any atom is 0.263 e. The van der Waals surface area contributed by atoms with E-state index in [4.69, 9.17) is 5.84 Å². The maximum absolute atomic E-state index is 10.4. The minimum atomic E-state index is -4.27. The number of nitrogens with two attached hydrogens (primary N) is 1. The summed E-state index contributed by atoms with van der Waals surface area (Å²) < 4.78 is 33.0. The van der Waals surface area contributed by atoms with Crippen LogP contribution in [0.2, 0.25) is 0 Å². The molecule has 5 nitrogen and oxygen atoms in total. The summed E-state index contributed by atoms with van der Waals surface area (Å²) >= 11 is 1.85. The summed E-state index contributed by atoms with van der Waals surface area (Å²) in [4.78, 5) is 1.33. The lowest BCUT2D eigenvalue weighted by atomic mass is 10.0.